The number of ether oxygens (including phenoxy) is 1. The van der Waals surface area contributed by atoms with Crippen LogP contribution in [0.1, 0.15) is 23.4 Å². The van der Waals surface area contributed by atoms with E-state index in [0.717, 1.165) is 32.7 Å². The lowest BCUT2D eigenvalue weighted by Gasteiger charge is -2.06. The first-order chi connectivity index (χ1) is 8.16. The van der Waals surface area contributed by atoms with Gasteiger partial charge in [-0.2, -0.15) is 0 Å². The zero-order valence-electron chi connectivity index (χ0n) is 11.3. The highest BCUT2D eigenvalue weighted by Gasteiger charge is 2.04. The second kappa shape index (κ2) is 7.30. The Morgan fingerprint density at radius 1 is 1.41 bits per heavy atom. The van der Waals surface area contributed by atoms with Crippen LogP contribution in [0.25, 0.3) is 0 Å². The second-order valence-electron chi connectivity index (χ2n) is 4.32. The molecule has 0 fully saturated rings. The monoisotopic (exact) mass is 236 g/mol. The van der Waals surface area contributed by atoms with Crippen molar-refractivity contribution in [2.24, 2.45) is 7.05 Å². The molecule has 96 valence electrons. The minimum Gasteiger partial charge on any atom is -0.380 e. The highest BCUT2D eigenvalue weighted by atomic mass is 16.5. The zero-order valence-corrected chi connectivity index (χ0v) is 11.3. The van der Waals surface area contributed by atoms with Gasteiger partial charge in [-0.1, -0.05) is 6.08 Å². The van der Waals surface area contributed by atoms with Gasteiger partial charge in [-0.05, 0) is 31.9 Å². The van der Waals surface area contributed by atoms with Gasteiger partial charge < -0.3 is 14.6 Å². The Bertz CT molecular complexity index is 355. The fourth-order valence-corrected chi connectivity index (χ4v) is 1.75. The Kier molecular flexibility index (Phi) is 6.01. The Hall–Kier alpha value is -1.06. The highest BCUT2D eigenvalue weighted by molar-refractivity contribution is 5.26. The van der Waals surface area contributed by atoms with Gasteiger partial charge in [0, 0.05) is 31.5 Å². The van der Waals surface area contributed by atoms with Crippen molar-refractivity contribution < 1.29 is 4.74 Å². The molecule has 0 bridgehead atoms. The summed E-state index contributed by atoms with van der Waals surface area (Å²) in [6.45, 7) is 11.3. The fourth-order valence-electron chi connectivity index (χ4n) is 1.75. The number of aromatic nitrogens is 1. The van der Waals surface area contributed by atoms with Crippen LogP contribution in [0.3, 0.4) is 0 Å². The van der Waals surface area contributed by atoms with Crippen LogP contribution in [-0.2, 0) is 18.3 Å². The van der Waals surface area contributed by atoms with Crippen molar-refractivity contribution in [2.75, 3.05) is 19.8 Å². The normalized spacial score (nSPS) is 10.8. The van der Waals surface area contributed by atoms with Crippen molar-refractivity contribution in [1.82, 2.24) is 9.88 Å². The summed E-state index contributed by atoms with van der Waals surface area (Å²) in [5.41, 5.74) is 4.01. The fraction of sp³-hybridized carbons (Fsp3) is 0.571. The molecule has 0 saturated carbocycles. The van der Waals surface area contributed by atoms with E-state index in [9.17, 15) is 0 Å². The maximum atomic E-state index is 5.43. The SMILES string of the molecule is C=CCCOCCNCc1cc(C)n(C)c1C. The van der Waals surface area contributed by atoms with Gasteiger partial charge in [0.15, 0.2) is 0 Å². The Balaban J connectivity index is 2.18. The number of rotatable bonds is 8. The smallest absolute Gasteiger partial charge is 0.0591 e. The lowest BCUT2D eigenvalue weighted by atomic mass is 10.2. The maximum absolute atomic E-state index is 5.43. The van der Waals surface area contributed by atoms with Gasteiger partial charge in [-0.25, -0.2) is 0 Å². The third-order valence-electron chi connectivity index (χ3n) is 3.08. The van der Waals surface area contributed by atoms with E-state index in [-0.39, 0.29) is 0 Å². The molecule has 0 atom stereocenters. The largest absolute Gasteiger partial charge is 0.380 e. The maximum Gasteiger partial charge on any atom is 0.0591 e. The van der Waals surface area contributed by atoms with Crippen LogP contribution in [0.2, 0.25) is 0 Å². The van der Waals surface area contributed by atoms with E-state index in [0.29, 0.717) is 0 Å². The molecular formula is C14H24N2O. The molecule has 0 aliphatic heterocycles. The summed E-state index contributed by atoms with van der Waals surface area (Å²) in [6, 6.07) is 2.24. The summed E-state index contributed by atoms with van der Waals surface area (Å²) in [7, 11) is 2.10. The van der Waals surface area contributed by atoms with Crippen LogP contribution in [0.5, 0.6) is 0 Å². The molecule has 0 amide bonds. The van der Waals surface area contributed by atoms with E-state index in [1.54, 1.807) is 0 Å². The van der Waals surface area contributed by atoms with E-state index in [4.69, 9.17) is 4.74 Å². The summed E-state index contributed by atoms with van der Waals surface area (Å²) in [5, 5.41) is 3.40. The molecule has 3 heteroatoms. The van der Waals surface area contributed by atoms with Gasteiger partial charge in [-0.3, -0.25) is 0 Å². The predicted molar refractivity (Wildman–Crippen MR) is 72.2 cm³/mol. The minimum atomic E-state index is 0.763. The van der Waals surface area contributed by atoms with Crippen LogP contribution in [-0.4, -0.2) is 24.3 Å². The van der Waals surface area contributed by atoms with E-state index < -0.39 is 0 Å². The molecule has 0 radical (unpaired) electrons. The highest BCUT2D eigenvalue weighted by Crippen LogP contribution is 2.12. The molecule has 1 aromatic rings. The van der Waals surface area contributed by atoms with Gasteiger partial charge in [0.2, 0.25) is 0 Å². The average Bonchev–Trinajstić information content (AvgIpc) is 2.56. The van der Waals surface area contributed by atoms with Crippen LogP contribution < -0.4 is 5.32 Å². The number of hydrogen-bond donors (Lipinski definition) is 1. The van der Waals surface area contributed by atoms with Crippen LogP contribution >= 0.6 is 0 Å². The first kappa shape index (κ1) is 14.0. The lowest BCUT2D eigenvalue weighted by Crippen LogP contribution is -2.19. The topological polar surface area (TPSA) is 26.2 Å². The molecule has 0 aromatic carbocycles. The molecule has 0 saturated heterocycles. The molecule has 0 spiro atoms. The molecule has 0 aliphatic carbocycles. The van der Waals surface area contributed by atoms with Gasteiger partial charge in [0.25, 0.3) is 0 Å². The Labute approximate surface area is 104 Å². The summed E-state index contributed by atoms with van der Waals surface area (Å²) < 4.78 is 7.65. The molecule has 17 heavy (non-hydrogen) atoms. The standard InChI is InChI=1S/C14H24N2O/c1-5-6-8-17-9-7-15-11-14-10-12(2)16(4)13(14)3/h5,10,15H,1,6-9,11H2,2-4H3. The summed E-state index contributed by atoms with van der Waals surface area (Å²) in [5.74, 6) is 0. The number of nitrogens with zero attached hydrogens (tertiary/aromatic N) is 1. The molecular weight excluding hydrogens is 212 g/mol. The quantitative estimate of drug-likeness (QED) is 0.554. The van der Waals surface area contributed by atoms with Crippen molar-refractivity contribution in [3.05, 3.63) is 35.7 Å². The average molecular weight is 236 g/mol. The molecule has 0 aliphatic rings. The van der Waals surface area contributed by atoms with E-state index >= 15 is 0 Å². The van der Waals surface area contributed by atoms with Crippen LogP contribution in [0, 0.1) is 13.8 Å². The zero-order chi connectivity index (χ0) is 12.7. The van der Waals surface area contributed by atoms with Crippen molar-refractivity contribution in [1.29, 1.82) is 0 Å². The molecule has 1 aromatic heterocycles. The van der Waals surface area contributed by atoms with Crippen molar-refractivity contribution in [2.45, 2.75) is 26.8 Å². The molecule has 3 nitrogen and oxygen atoms in total. The van der Waals surface area contributed by atoms with Crippen molar-refractivity contribution >= 4 is 0 Å². The second-order valence-corrected chi connectivity index (χ2v) is 4.32. The third kappa shape index (κ3) is 4.36. The first-order valence-electron chi connectivity index (χ1n) is 6.18. The molecule has 1 rings (SSSR count). The minimum absolute atomic E-state index is 0.763. The van der Waals surface area contributed by atoms with Gasteiger partial charge in [-0.15, -0.1) is 6.58 Å². The third-order valence-corrected chi connectivity index (χ3v) is 3.08. The van der Waals surface area contributed by atoms with Crippen LogP contribution in [0.4, 0.5) is 0 Å². The van der Waals surface area contributed by atoms with Crippen molar-refractivity contribution in [3.8, 4) is 0 Å². The summed E-state index contributed by atoms with van der Waals surface area (Å²) in [4.78, 5) is 0. The lowest BCUT2D eigenvalue weighted by molar-refractivity contribution is 0.140. The molecule has 0 unspecified atom stereocenters. The Morgan fingerprint density at radius 2 is 2.18 bits per heavy atom. The van der Waals surface area contributed by atoms with Crippen LogP contribution in [0.15, 0.2) is 18.7 Å². The van der Waals surface area contributed by atoms with E-state index in [1.807, 2.05) is 6.08 Å². The first-order valence-corrected chi connectivity index (χ1v) is 6.18. The molecule has 1 N–H and O–H groups in total. The van der Waals surface area contributed by atoms with E-state index in [1.165, 1.54) is 17.0 Å². The van der Waals surface area contributed by atoms with Gasteiger partial charge in [0.1, 0.15) is 0 Å². The number of aryl methyl sites for hydroxylation is 1. The number of nitrogens with one attached hydrogen (secondary N) is 1. The van der Waals surface area contributed by atoms with E-state index in [2.05, 4.69) is 43.4 Å². The van der Waals surface area contributed by atoms with Gasteiger partial charge in [0.05, 0.1) is 13.2 Å². The summed E-state index contributed by atoms with van der Waals surface area (Å²) in [6.07, 6.45) is 2.81. The predicted octanol–water partition coefficient (Wildman–Crippen LogP) is 2.32. The van der Waals surface area contributed by atoms with Gasteiger partial charge >= 0.3 is 0 Å². The Morgan fingerprint density at radius 3 is 2.76 bits per heavy atom. The summed E-state index contributed by atoms with van der Waals surface area (Å²) >= 11 is 0. The van der Waals surface area contributed by atoms with Crippen molar-refractivity contribution in [3.63, 3.8) is 0 Å². The molecule has 1 heterocycles. The number of hydrogen-bond acceptors (Lipinski definition) is 2.